The van der Waals surface area contributed by atoms with Gasteiger partial charge in [-0.15, -0.1) is 0 Å². The van der Waals surface area contributed by atoms with E-state index in [0.29, 0.717) is 33.6 Å². The van der Waals surface area contributed by atoms with Crippen molar-refractivity contribution >= 4 is 29.3 Å². The number of nitrogens with one attached hydrogen (secondary N) is 1. The maximum atomic E-state index is 14.0. The number of methoxy groups -OCH3 is 1. The second-order valence-corrected chi connectivity index (χ2v) is 11.3. The van der Waals surface area contributed by atoms with Gasteiger partial charge in [-0.1, -0.05) is 62.0 Å². The number of anilines is 1. The lowest BCUT2D eigenvalue weighted by atomic mass is 9.97. The molecular weight excluding hydrogens is 551 g/mol. The number of halogens is 1. The van der Waals surface area contributed by atoms with Gasteiger partial charge in [-0.3, -0.25) is 9.59 Å². The Balaban J connectivity index is 1.71. The number of aromatic nitrogens is 2. The molecule has 1 atom stereocenters. The Morgan fingerprint density at radius 3 is 2.07 bits per heavy atom. The van der Waals surface area contributed by atoms with Crippen LogP contribution in [0.1, 0.15) is 53.9 Å². The Kier molecular flexibility index (Phi) is 10.3. The predicted molar refractivity (Wildman–Crippen MR) is 164 cm³/mol. The number of thioether (sulfide) groups is 1. The van der Waals surface area contributed by atoms with Crippen molar-refractivity contribution < 1.29 is 18.7 Å². The average Bonchev–Trinajstić information content (AvgIpc) is 2.97. The quantitative estimate of drug-likeness (QED) is 0.153. The first-order chi connectivity index (χ1) is 20.1. The van der Waals surface area contributed by atoms with Crippen molar-refractivity contribution in [3.05, 3.63) is 113 Å². The highest BCUT2D eigenvalue weighted by Gasteiger charge is 2.32. The van der Waals surface area contributed by atoms with Gasteiger partial charge in [0, 0.05) is 23.6 Å². The summed E-state index contributed by atoms with van der Waals surface area (Å²) in [4.78, 5) is 38.4. The van der Waals surface area contributed by atoms with E-state index in [-0.39, 0.29) is 29.9 Å². The topological polar surface area (TPSA) is 84.4 Å². The molecule has 3 aromatic carbocycles. The zero-order valence-electron chi connectivity index (χ0n) is 24.4. The van der Waals surface area contributed by atoms with Crippen LogP contribution in [0.2, 0.25) is 0 Å². The van der Waals surface area contributed by atoms with Gasteiger partial charge in [-0.05, 0) is 78.9 Å². The first-order valence-electron chi connectivity index (χ1n) is 13.7. The van der Waals surface area contributed by atoms with E-state index >= 15 is 0 Å². The molecule has 218 valence electrons. The predicted octanol–water partition coefficient (Wildman–Crippen LogP) is 6.87. The summed E-state index contributed by atoms with van der Waals surface area (Å²) in [7, 11) is 1.57. The highest BCUT2D eigenvalue weighted by Crippen LogP contribution is 2.29. The molecule has 0 radical (unpaired) electrons. The summed E-state index contributed by atoms with van der Waals surface area (Å²) in [6.07, 6.45) is 0. The molecule has 0 saturated heterocycles. The summed E-state index contributed by atoms with van der Waals surface area (Å²) >= 11 is 1.22. The van der Waals surface area contributed by atoms with Crippen molar-refractivity contribution in [3.63, 3.8) is 0 Å². The molecule has 42 heavy (non-hydrogen) atoms. The van der Waals surface area contributed by atoms with Crippen LogP contribution in [0.5, 0.6) is 5.75 Å². The van der Waals surface area contributed by atoms with Gasteiger partial charge < -0.3 is 15.0 Å². The van der Waals surface area contributed by atoms with Gasteiger partial charge in [0.05, 0.1) is 12.9 Å². The Hall–Kier alpha value is -4.24. The molecule has 9 heteroatoms. The zero-order valence-corrected chi connectivity index (χ0v) is 25.2. The summed E-state index contributed by atoms with van der Waals surface area (Å²) in [5, 5.41) is 3.46. The minimum absolute atomic E-state index is 0.0144. The summed E-state index contributed by atoms with van der Waals surface area (Å²) < 4.78 is 19.0. The number of benzene rings is 3. The van der Waals surface area contributed by atoms with Crippen LogP contribution in [0.4, 0.5) is 10.1 Å². The first kappa shape index (κ1) is 30.7. The van der Waals surface area contributed by atoms with Gasteiger partial charge in [0.2, 0.25) is 5.91 Å². The van der Waals surface area contributed by atoms with Crippen molar-refractivity contribution in [2.24, 2.45) is 0 Å². The highest BCUT2D eigenvalue weighted by atomic mass is 32.2. The molecule has 0 aliphatic carbocycles. The number of hydrogen-bond donors (Lipinski definition) is 1. The van der Waals surface area contributed by atoms with Crippen molar-refractivity contribution in [3.8, 4) is 5.75 Å². The SMILES string of the molecule is COc1ccc(NC(=O)[C@@H](c2ccc(C(C)C)cc2)N(Cc2ccc(F)cc2)C(=O)CSc2nc(C)cc(C)n2)cc1. The molecule has 0 aliphatic rings. The highest BCUT2D eigenvalue weighted by molar-refractivity contribution is 7.99. The molecule has 7 nitrogen and oxygen atoms in total. The normalized spacial score (nSPS) is 11.7. The largest absolute Gasteiger partial charge is 0.497 e. The average molecular weight is 587 g/mol. The summed E-state index contributed by atoms with van der Waals surface area (Å²) in [5.41, 5.74) is 4.65. The fourth-order valence-electron chi connectivity index (χ4n) is 4.50. The van der Waals surface area contributed by atoms with Crippen LogP contribution in [0.15, 0.2) is 84.0 Å². The summed E-state index contributed by atoms with van der Waals surface area (Å²) in [6.45, 7) is 8.04. The number of amides is 2. The van der Waals surface area contributed by atoms with Gasteiger partial charge in [-0.25, -0.2) is 14.4 Å². The third-order valence-corrected chi connectivity index (χ3v) is 7.54. The lowest BCUT2D eigenvalue weighted by Crippen LogP contribution is -2.41. The molecule has 2 amide bonds. The number of hydrogen-bond acceptors (Lipinski definition) is 6. The van der Waals surface area contributed by atoms with E-state index in [2.05, 4.69) is 29.1 Å². The zero-order chi connectivity index (χ0) is 30.2. The second-order valence-electron chi connectivity index (χ2n) is 10.3. The van der Waals surface area contributed by atoms with Gasteiger partial charge in [0.25, 0.3) is 5.91 Å². The van der Waals surface area contributed by atoms with Crippen molar-refractivity contribution in [1.82, 2.24) is 14.9 Å². The van der Waals surface area contributed by atoms with Gasteiger partial charge >= 0.3 is 0 Å². The fraction of sp³-hybridized carbons (Fsp3) is 0.273. The van der Waals surface area contributed by atoms with Gasteiger partial charge in [0.15, 0.2) is 5.16 Å². The van der Waals surface area contributed by atoms with E-state index in [1.165, 1.54) is 28.8 Å². The second kappa shape index (κ2) is 14.1. The molecule has 4 rings (SSSR count). The number of carbonyl (C=O) groups is 2. The maximum absolute atomic E-state index is 14.0. The molecule has 0 bridgehead atoms. The molecule has 0 unspecified atom stereocenters. The number of nitrogens with zero attached hydrogens (tertiary/aromatic N) is 3. The van der Waals surface area contributed by atoms with Crippen LogP contribution in [0, 0.1) is 19.7 Å². The monoisotopic (exact) mass is 586 g/mol. The van der Waals surface area contributed by atoms with Gasteiger partial charge in [-0.2, -0.15) is 0 Å². The maximum Gasteiger partial charge on any atom is 0.251 e. The van der Waals surface area contributed by atoms with Crippen molar-refractivity contribution in [1.29, 1.82) is 0 Å². The molecule has 0 saturated carbocycles. The fourth-order valence-corrected chi connectivity index (χ4v) is 5.33. The van der Waals surface area contributed by atoms with Crippen molar-refractivity contribution in [2.75, 3.05) is 18.2 Å². The minimum atomic E-state index is -0.966. The molecule has 1 N–H and O–H groups in total. The standard InChI is InChI=1S/C33H35FN4O3S/c1-21(2)25-8-10-26(11-9-25)31(32(40)37-28-14-16-29(41-5)17-15-28)38(19-24-6-12-27(34)13-7-24)30(39)20-42-33-35-22(3)18-23(4)36-33/h6-18,21,31H,19-20H2,1-5H3,(H,37,40)/t31-/m1/s1. The smallest absolute Gasteiger partial charge is 0.251 e. The number of rotatable bonds is 11. The summed E-state index contributed by atoms with van der Waals surface area (Å²) in [5.74, 6) is -0.0578. The Bertz CT molecular complexity index is 1490. The lowest BCUT2D eigenvalue weighted by molar-refractivity contribution is -0.137. The first-order valence-corrected chi connectivity index (χ1v) is 14.6. The molecule has 0 spiro atoms. The Morgan fingerprint density at radius 1 is 0.905 bits per heavy atom. The number of aryl methyl sites for hydroxylation is 2. The van der Waals surface area contributed by atoms with Gasteiger partial charge in [0.1, 0.15) is 17.6 Å². The molecule has 4 aromatic rings. The third kappa shape index (κ3) is 8.16. The lowest BCUT2D eigenvalue weighted by Gasteiger charge is -2.32. The molecule has 0 fully saturated rings. The number of carbonyl (C=O) groups excluding carboxylic acids is 2. The van der Waals surface area contributed by atoms with E-state index in [9.17, 15) is 14.0 Å². The van der Waals surface area contributed by atoms with E-state index in [1.54, 1.807) is 43.5 Å². The van der Waals surface area contributed by atoms with Crippen LogP contribution >= 0.6 is 11.8 Å². The number of ether oxygens (including phenoxy) is 1. The van der Waals surface area contributed by atoms with E-state index in [4.69, 9.17) is 4.74 Å². The Labute approximate surface area is 250 Å². The Morgan fingerprint density at radius 2 is 1.50 bits per heavy atom. The van der Waals surface area contributed by atoms with Crippen LogP contribution in [0.25, 0.3) is 0 Å². The van der Waals surface area contributed by atoms with Crippen LogP contribution in [-0.2, 0) is 16.1 Å². The van der Waals surface area contributed by atoms with E-state index in [0.717, 1.165) is 17.0 Å². The van der Waals surface area contributed by atoms with E-state index in [1.807, 2.05) is 44.2 Å². The molecule has 1 heterocycles. The van der Waals surface area contributed by atoms with Crippen molar-refractivity contribution in [2.45, 2.75) is 51.4 Å². The molecular formula is C33H35FN4O3S. The third-order valence-electron chi connectivity index (χ3n) is 6.71. The van der Waals surface area contributed by atoms with E-state index < -0.39 is 6.04 Å². The minimum Gasteiger partial charge on any atom is -0.497 e. The van der Waals surface area contributed by atoms with Crippen LogP contribution in [-0.4, -0.2) is 39.5 Å². The molecule has 1 aromatic heterocycles. The van der Waals surface area contributed by atoms with Crippen LogP contribution < -0.4 is 10.1 Å². The summed E-state index contributed by atoms with van der Waals surface area (Å²) in [6, 6.07) is 21.6. The molecule has 0 aliphatic heterocycles. The van der Waals surface area contributed by atoms with Crippen LogP contribution in [0.3, 0.4) is 0 Å².